The van der Waals surface area contributed by atoms with Crippen molar-refractivity contribution in [2.75, 3.05) is 0 Å². The number of aliphatic hydroxyl groups is 1. The monoisotopic (exact) mass is 274 g/mol. The fourth-order valence-electron chi connectivity index (χ4n) is 2.33. The highest BCUT2D eigenvalue weighted by molar-refractivity contribution is 5.66. The van der Waals surface area contributed by atoms with Gasteiger partial charge in [-0.3, -0.25) is 4.40 Å². The fraction of sp³-hybridized carbons (Fsp3) is 0.133. The van der Waals surface area contributed by atoms with Crippen molar-refractivity contribution < 1.29 is 13.9 Å². The number of hydrogen-bond donors (Lipinski definition) is 1. The molecule has 3 rings (SSSR count). The van der Waals surface area contributed by atoms with Gasteiger partial charge in [0.25, 0.3) is 0 Å². The van der Waals surface area contributed by atoms with E-state index in [4.69, 9.17) is 0 Å². The summed E-state index contributed by atoms with van der Waals surface area (Å²) in [5.74, 6) is -0.856. The van der Waals surface area contributed by atoms with E-state index in [0.717, 1.165) is 22.7 Å². The molecule has 3 nitrogen and oxygen atoms in total. The Labute approximate surface area is 114 Å². The molecule has 0 bridgehead atoms. The van der Waals surface area contributed by atoms with E-state index in [9.17, 15) is 13.9 Å². The molecule has 0 radical (unpaired) electrons. The summed E-state index contributed by atoms with van der Waals surface area (Å²) in [4.78, 5) is 4.22. The van der Waals surface area contributed by atoms with E-state index >= 15 is 0 Å². The second-order valence-electron chi connectivity index (χ2n) is 4.63. The second-order valence-corrected chi connectivity index (χ2v) is 4.63. The summed E-state index contributed by atoms with van der Waals surface area (Å²) in [5.41, 5.74) is 2.78. The van der Waals surface area contributed by atoms with Crippen molar-refractivity contribution in [3.63, 3.8) is 0 Å². The summed E-state index contributed by atoms with van der Waals surface area (Å²) in [6, 6.07) is 5.12. The summed E-state index contributed by atoms with van der Waals surface area (Å²) in [6.07, 6.45) is 3.37. The summed E-state index contributed by atoms with van der Waals surface area (Å²) in [7, 11) is 0. The van der Waals surface area contributed by atoms with Crippen LogP contribution in [-0.4, -0.2) is 14.5 Å². The Morgan fingerprint density at radius 1 is 1.20 bits per heavy atom. The minimum Gasteiger partial charge on any atom is -0.392 e. The van der Waals surface area contributed by atoms with Crippen LogP contribution >= 0.6 is 0 Å². The smallest absolute Gasteiger partial charge is 0.144 e. The van der Waals surface area contributed by atoms with E-state index < -0.39 is 11.6 Å². The Bertz CT molecular complexity index is 776. The highest BCUT2D eigenvalue weighted by Crippen LogP contribution is 2.25. The lowest BCUT2D eigenvalue weighted by Gasteiger charge is -2.07. The number of benzene rings is 1. The van der Waals surface area contributed by atoms with E-state index in [1.807, 2.05) is 13.0 Å². The number of fused-ring (bicyclic) bond motifs is 1. The molecule has 0 amide bonds. The number of aliphatic hydroxyl groups excluding tert-OH is 1. The maximum absolute atomic E-state index is 13.3. The number of pyridine rings is 1. The average Bonchev–Trinajstić information content (AvgIpc) is 2.81. The molecule has 3 aromatic rings. The number of hydrogen-bond acceptors (Lipinski definition) is 2. The zero-order valence-corrected chi connectivity index (χ0v) is 10.8. The molecule has 0 aliphatic rings. The molecule has 102 valence electrons. The predicted octanol–water partition coefficient (Wildman–Crippen LogP) is 3.08. The lowest BCUT2D eigenvalue weighted by Crippen LogP contribution is -1.96. The van der Waals surface area contributed by atoms with Gasteiger partial charge in [0.1, 0.15) is 17.5 Å². The lowest BCUT2D eigenvalue weighted by atomic mass is 10.1. The van der Waals surface area contributed by atoms with Crippen LogP contribution in [0.15, 0.2) is 36.7 Å². The standard InChI is InChI=1S/C15H12F2N2O/c1-9-2-3-19-14(13(9)8-20)7-18-15(19)10-4-11(16)6-12(17)5-10/h2-7,20H,8H2,1H3. The van der Waals surface area contributed by atoms with Crippen LogP contribution in [0.4, 0.5) is 8.78 Å². The molecular weight excluding hydrogens is 262 g/mol. The van der Waals surface area contributed by atoms with Gasteiger partial charge in [0, 0.05) is 23.4 Å². The van der Waals surface area contributed by atoms with Crippen molar-refractivity contribution in [1.29, 1.82) is 0 Å². The van der Waals surface area contributed by atoms with Crippen molar-refractivity contribution in [2.24, 2.45) is 0 Å². The first-order valence-corrected chi connectivity index (χ1v) is 6.13. The maximum atomic E-state index is 13.3. The van der Waals surface area contributed by atoms with Gasteiger partial charge in [-0.05, 0) is 30.7 Å². The molecule has 1 N–H and O–H groups in total. The molecule has 5 heteroatoms. The van der Waals surface area contributed by atoms with E-state index in [1.165, 1.54) is 12.1 Å². The van der Waals surface area contributed by atoms with Crippen LogP contribution in [0.25, 0.3) is 16.9 Å². The van der Waals surface area contributed by atoms with Gasteiger partial charge in [-0.25, -0.2) is 13.8 Å². The van der Waals surface area contributed by atoms with Crippen molar-refractivity contribution in [1.82, 2.24) is 9.38 Å². The Hall–Kier alpha value is -2.27. The Kier molecular flexibility index (Phi) is 2.99. The summed E-state index contributed by atoms with van der Waals surface area (Å²) >= 11 is 0. The van der Waals surface area contributed by atoms with Gasteiger partial charge in [0.05, 0.1) is 18.3 Å². The number of halogens is 2. The third-order valence-corrected chi connectivity index (χ3v) is 3.33. The lowest BCUT2D eigenvalue weighted by molar-refractivity contribution is 0.282. The molecule has 0 unspecified atom stereocenters. The van der Waals surface area contributed by atoms with Crippen molar-refractivity contribution in [2.45, 2.75) is 13.5 Å². The third kappa shape index (κ3) is 1.96. The van der Waals surface area contributed by atoms with Gasteiger partial charge < -0.3 is 5.11 Å². The van der Waals surface area contributed by atoms with E-state index in [-0.39, 0.29) is 6.61 Å². The van der Waals surface area contributed by atoms with Crippen molar-refractivity contribution >= 4 is 5.52 Å². The first kappa shape index (κ1) is 12.7. The molecule has 20 heavy (non-hydrogen) atoms. The van der Waals surface area contributed by atoms with Gasteiger partial charge in [-0.2, -0.15) is 0 Å². The fourth-order valence-corrected chi connectivity index (χ4v) is 2.33. The highest BCUT2D eigenvalue weighted by Gasteiger charge is 2.12. The summed E-state index contributed by atoms with van der Waals surface area (Å²) in [5, 5.41) is 9.42. The molecular formula is C15H12F2N2O. The van der Waals surface area contributed by atoms with E-state index in [0.29, 0.717) is 11.4 Å². The first-order chi connectivity index (χ1) is 9.60. The molecule has 0 fully saturated rings. The molecule has 0 aliphatic carbocycles. The average molecular weight is 274 g/mol. The van der Waals surface area contributed by atoms with Gasteiger partial charge in [0.15, 0.2) is 0 Å². The molecule has 1 aromatic carbocycles. The van der Waals surface area contributed by atoms with Crippen LogP contribution in [0.2, 0.25) is 0 Å². The second kappa shape index (κ2) is 4.68. The number of aryl methyl sites for hydroxylation is 1. The zero-order chi connectivity index (χ0) is 14.3. The maximum Gasteiger partial charge on any atom is 0.144 e. The Morgan fingerprint density at radius 3 is 2.55 bits per heavy atom. The van der Waals surface area contributed by atoms with E-state index in [2.05, 4.69) is 4.98 Å². The summed E-state index contributed by atoms with van der Waals surface area (Å²) in [6.45, 7) is 1.78. The van der Waals surface area contributed by atoms with Gasteiger partial charge in [-0.1, -0.05) is 0 Å². The van der Waals surface area contributed by atoms with Crippen LogP contribution in [0.5, 0.6) is 0 Å². The minimum atomic E-state index is -0.647. The highest BCUT2D eigenvalue weighted by atomic mass is 19.1. The van der Waals surface area contributed by atoms with Crippen LogP contribution < -0.4 is 0 Å². The zero-order valence-electron chi connectivity index (χ0n) is 10.8. The first-order valence-electron chi connectivity index (χ1n) is 6.13. The Balaban J connectivity index is 2.27. The molecule has 2 heterocycles. The molecule has 0 atom stereocenters. The normalized spacial score (nSPS) is 11.2. The molecule has 0 saturated heterocycles. The molecule has 0 saturated carbocycles. The van der Waals surface area contributed by atoms with Crippen LogP contribution in [-0.2, 0) is 6.61 Å². The predicted molar refractivity (Wildman–Crippen MR) is 71.2 cm³/mol. The van der Waals surface area contributed by atoms with Crippen LogP contribution in [0, 0.1) is 18.6 Å². The number of imidazole rings is 1. The van der Waals surface area contributed by atoms with Crippen molar-refractivity contribution in [3.8, 4) is 11.4 Å². The minimum absolute atomic E-state index is 0.112. The van der Waals surface area contributed by atoms with Gasteiger partial charge >= 0.3 is 0 Å². The van der Waals surface area contributed by atoms with E-state index in [1.54, 1.807) is 16.8 Å². The Morgan fingerprint density at radius 2 is 1.90 bits per heavy atom. The van der Waals surface area contributed by atoms with Crippen LogP contribution in [0.1, 0.15) is 11.1 Å². The number of rotatable bonds is 2. The van der Waals surface area contributed by atoms with Gasteiger partial charge in [-0.15, -0.1) is 0 Å². The third-order valence-electron chi connectivity index (χ3n) is 3.33. The van der Waals surface area contributed by atoms with Crippen molar-refractivity contribution in [3.05, 3.63) is 59.4 Å². The summed E-state index contributed by atoms with van der Waals surface area (Å²) < 4.78 is 28.3. The molecule has 0 aliphatic heterocycles. The van der Waals surface area contributed by atoms with Gasteiger partial charge in [0.2, 0.25) is 0 Å². The topological polar surface area (TPSA) is 37.5 Å². The van der Waals surface area contributed by atoms with Crippen LogP contribution in [0.3, 0.4) is 0 Å². The molecule has 2 aromatic heterocycles. The largest absolute Gasteiger partial charge is 0.392 e. The number of aromatic nitrogens is 2. The quantitative estimate of drug-likeness (QED) is 0.779. The number of nitrogens with zero attached hydrogens (tertiary/aromatic N) is 2. The molecule has 0 spiro atoms. The SMILES string of the molecule is Cc1ccn2c(-c3cc(F)cc(F)c3)ncc2c1CO.